The maximum atomic E-state index is 12.1. The summed E-state index contributed by atoms with van der Waals surface area (Å²) in [6, 6.07) is 12.8. The third-order valence-electron chi connectivity index (χ3n) is 4.61. The molecule has 1 fully saturated rings. The molecule has 24 heavy (non-hydrogen) atoms. The van der Waals surface area contributed by atoms with Crippen molar-refractivity contribution in [2.75, 3.05) is 19.6 Å². The first-order chi connectivity index (χ1) is 11.7. The van der Waals surface area contributed by atoms with Gasteiger partial charge in [0.25, 0.3) is 0 Å². The number of carbonyl (C=O) groups is 1. The summed E-state index contributed by atoms with van der Waals surface area (Å²) in [4.78, 5) is 14.6. The van der Waals surface area contributed by atoms with E-state index in [1.807, 2.05) is 13.0 Å². The zero-order valence-corrected chi connectivity index (χ0v) is 14.3. The van der Waals surface area contributed by atoms with Gasteiger partial charge in [-0.3, -0.25) is 9.89 Å². The Morgan fingerprint density at radius 1 is 1.29 bits per heavy atom. The monoisotopic (exact) mass is 326 g/mol. The van der Waals surface area contributed by atoms with E-state index in [4.69, 9.17) is 0 Å². The van der Waals surface area contributed by atoms with Crippen LogP contribution in [0.5, 0.6) is 0 Å². The van der Waals surface area contributed by atoms with Crippen molar-refractivity contribution < 1.29 is 4.79 Å². The maximum absolute atomic E-state index is 12.1. The Morgan fingerprint density at radius 2 is 2.04 bits per heavy atom. The summed E-state index contributed by atoms with van der Waals surface area (Å²) >= 11 is 0. The lowest BCUT2D eigenvalue weighted by Crippen LogP contribution is -2.45. The summed E-state index contributed by atoms with van der Waals surface area (Å²) in [6.45, 7) is 5.15. The van der Waals surface area contributed by atoms with Crippen molar-refractivity contribution in [1.82, 2.24) is 20.4 Å². The number of amides is 1. The van der Waals surface area contributed by atoms with Crippen LogP contribution < -0.4 is 5.32 Å². The number of aromatic amines is 1. The molecule has 0 unspecified atom stereocenters. The quantitative estimate of drug-likeness (QED) is 0.854. The molecule has 0 spiro atoms. The van der Waals surface area contributed by atoms with Crippen LogP contribution in [-0.4, -0.2) is 46.7 Å². The Kier molecular flexibility index (Phi) is 5.64. The van der Waals surface area contributed by atoms with Crippen LogP contribution in [0, 0.1) is 6.92 Å². The summed E-state index contributed by atoms with van der Waals surface area (Å²) < 4.78 is 0. The van der Waals surface area contributed by atoms with Crippen molar-refractivity contribution in [3.05, 3.63) is 53.3 Å². The number of piperidine rings is 1. The van der Waals surface area contributed by atoms with Crippen molar-refractivity contribution in [2.24, 2.45) is 0 Å². The molecule has 2 aromatic rings. The number of nitrogens with zero attached hydrogens (tertiary/aromatic N) is 2. The molecule has 2 N–H and O–H groups in total. The smallest absolute Gasteiger partial charge is 0.226 e. The number of aromatic nitrogens is 2. The van der Waals surface area contributed by atoms with E-state index in [0.717, 1.165) is 50.3 Å². The maximum Gasteiger partial charge on any atom is 0.226 e. The first-order valence-corrected chi connectivity index (χ1v) is 8.75. The highest BCUT2D eigenvalue weighted by atomic mass is 16.1. The molecule has 3 rings (SSSR count). The van der Waals surface area contributed by atoms with Gasteiger partial charge in [-0.2, -0.15) is 5.10 Å². The number of rotatable bonds is 6. The van der Waals surface area contributed by atoms with Gasteiger partial charge in [0.1, 0.15) is 0 Å². The molecule has 2 heterocycles. The average Bonchev–Trinajstić information content (AvgIpc) is 3.00. The Labute approximate surface area is 143 Å². The summed E-state index contributed by atoms with van der Waals surface area (Å²) in [5.41, 5.74) is 3.19. The number of H-pyrrole nitrogens is 1. The molecular weight excluding hydrogens is 300 g/mol. The number of likely N-dealkylation sites (tertiary alicyclic amines) is 1. The third kappa shape index (κ3) is 4.93. The second-order valence-electron chi connectivity index (χ2n) is 6.64. The molecule has 1 aromatic carbocycles. The van der Waals surface area contributed by atoms with Gasteiger partial charge < -0.3 is 10.2 Å². The highest BCUT2D eigenvalue weighted by Gasteiger charge is 2.20. The molecule has 1 aliphatic rings. The third-order valence-corrected chi connectivity index (χ3v) is 4.61. The molecule has 0 radical (unpaired) electrons. The lowest BCUT2D eigenvalue weighted by atomic mass is 10.0. The zero-order valence-electron chi connectivity index (χ0n) is 14.3. The average molecular weight is 326 g/mol. The van der Waals surface area contributed by atoms with Crippen LogP contribution in [0.25, 0.3) is 0 Å². The van der Waals surface area contributed by atoms with Crippen molar-refractivity contribution >= 4 is 5.91 Å². The zero-order chi connectivity index (χ0) is 16.8. The number of benzene rings is 1. The van der Waals surface area contributed by atoms with Crippen LogP contribution in [0.15, 0.2) is 36.4 Å². The first-order valence-electron chi connectivity index (χ1n) is 8.75. The molecule has 1 saturated heterocycles. The topological polar surface area (TPSA) is 61.0 Å². The number of hydrogen-bond donors (Lipinski definition) is 2. The van der Waals surface area contributed by atoms with E-state index in [9.17, 15) is 4.79 Å². The lowest BCUT2D eigenvalue weighted by molar-refractivity contribution is -0.121. The largest absolute Gasteiger partial charge is 0.353 e. The number of aryl methyl sites for hydroxylation is 1. The van der Waals surface area contributed by atoms with Gasteiger partial charge in [-0.1, -0.05) is 30.3 Å². The molecule has 5 heteroatoms. The Bertz CT molecular complexity index is 644. The number of nitrogens with one attached hydrogen (secondary N) is 2. The van der Waals surface area contributed by atoms with Gasteiger partial charge >= 0.3 is 0 Å². The van der Waals surface area contributed by atoms with Crippen LogP contribution in [0.3, 0.4) is 0 Å². The predicted octanol–water partition coefficient (Wildman–Crippen LogP) is 2.08. The highest BCUT2D eigenvalue weighted by molar-refractivity contribution is 5.78. The van der Waals surface area contributed by atoms with Gasteiger partial charge in [0.15, 0.2) is 0 Å². The lowest BCUT2D eigenvalue weighted by Gasteiger charge is -2.32. The van der Waals surface area contributed by atoms with Crippen LogP contribution >= 0.6 is 0 Å². The summed E-state index contributed by atoms with van der Waals surface area (Å²) in [5, 5.41) is 10.1. The molecule has 1 aromatic heterocycles. The Morgan fingerprint density at radius 3 is 2.71 bits per heavy atom. The summed E-state index contributed by atoms with van der Waals surface area (Å²) in [7, 11) is 0. The van der Waals surface area contributed by atoms with E-state index >= 15 is 0 Å². The van der Waals surface area contributed by atoms with Gasteiger partial charge in [-0.15, -0.1) is 0 Å². The number of carbonyl (C=O) groups excluding carboxylic acids is 1. The van der Waals surface area contributed by atoms with Gasteiger partial charge in [-0.25, -0.2) is 0 Å². The van der Waals surface area contributed by atoms with Gasteiger partial charge in [0.2, 0.25) is 5.91 Å². The van der Waals surface area contributed by atoms with Crippen molar-refractivity contribution in [1.29, 1.82) is 0 Å². The Balaban J connectivity index is 1.36. The van der Waals surface area contributed by atoms with E-state index < -0.39 is 0 Å². The molecule has 1 aliphatic heterocycles. The minimum absolute atomic E-state index is 0.0734. The van der Waals surface area contributed by atoms with Crippen molar-refractivity contribution in [3.8, 4) is 0 Å². The van der Waals surface area contributed by atoms with E-state index in [1.165, 1.54) is 5.56 Å². The molecule has 0 saturated carbocycles. The minimum atomic E-state index is 0.0734. The van der Waals surface area contributed by atoms with E-state index in [2.05, 4.69) is 50.7 Å². The van der Waals surface area contributed by atoms with E-state index in [0.29, 0.717) is 12.5 Å². The van der Waals surface area contributed by atoms with Crippen LogP contribution in [0.1, 0.15) is 29.8 Å². The van der Waals surface area contributed by atoms with Crippen LogP contribution in [0.4, 0.5) is 0 Å². The Hall–Kier alpha value is -2.14. The van der Waals surface area contributed by atoms with Gasteiger partial charge in [0, 0.05) is 31.4 Å². The first kappa shape index (κ1) is 16.7. The van der Waals surface area contributed by atoms with Gasteiger partial charge in [-0.05, 0) is 37.8 Å². The molecule has 0 atom stereocenters. The van der Waals surface area contributed by atoms with Crippen LogP contribution in [0.2, 0.25) is 0 Å². The molecule has 5 nitrogen and oxygen atoms in total. The highest BCUT2D eigenvalue weighted by Crippen LogP contribution is 2.12. The second kappa shape index (κ2) is 8.11. The van der Waals surface area contributed by atoms with E-state index in [1.54, 1.807) is 0 Å². The fourth-order valence-corrected chi connectivity index (χ4v) is 3.24. The standard InChI is InChI=1S/C19H26N4O/c1-15-13-18(22-21-15)14-19(24)20-17-8-11-23(12-9-17)10-7-16-5-3-2-4-6-16/h2-6,13,17H,7-12,14H2,1H3,(H,20,24)(H,21,22). The molecule has 0 aliphatic carbocycles. The summed E-state index contributed by atoms with van der Waals surface area (Å²) in [5.74, 6) is 0.0734. The van der Waals surface area contributed by atoms with E-state index in [-0.39, 0.29) is 5.91 Å². The van der Waals surface area contributed by atoms with Crippen molar-refractivity contribution in [3.63, 3.8) is 0 Å². The molecule has 0 bridgehead atoms. The van der Waals surface area contributed by atoms with Crippen molar-refractivity contribution in [2.45, 2.75) is 38.6 Å². The van der Waals surface area contributed by atoms with Gasteiger partial charge in [0.05, 0.1) is 12.1 Å². The molecular formula is C19H26N4O. The second-order valence-corrected chi connectivity index (χ2v) is 6.64. The minimum Gasteiger partial charge on any atom is -0.353 e. The number of hydrogen-bond acceptors (Lipinski definition) is 3. The van der Waals surface area contributed by atoms with Crippen LogP contribution in [-0.2, 0) is 17.6 Å². The SMILES string of the molecule is Cc1cc(CC(=O)NC2CCN(CCc3ccccc3)CC2)n[nH]1. The molecule has 128 valence electrons. The fraction of sp³-hybridized carbons (Fsp3) is 0.474. The fourth-order valence-electron chi connectivity index (χ4n) is 3.24. The predicted molar refractivity (Wildman–Crippen MR) is 94.8 cm³/mol. The summed E-state index contributed by atoms with van der Waals surface area (Å²) in [6.07, 6.45) is 3.51. The normalized spacial score (nSPS) is 16.2. The molecule has 1 amide bonds.